The van der Waals surface area contributed by atoms with E-state index in [4.69, 9.17) is 21.8 Å². The van der Waals surface area contributed by atoms with Crippen LogP contribution in [0.25, 0.3) is 0 Å². The van der Waals surface area contributed by atoms with Gasteiger partial charge in [0.05, 0.1) is 17.0 Å². The number of carbonyl (C=O) groups is 2. The third-order valence-electron chi connectivity index (χ3n) is 1.93. The van der Waals surface area contributed by atoms with Gasteiger partial charge in [0.15, 0.2) is 0 Å². The van der Waals surface area contributed by atoms with E-state index in [9.17, 15) is 9.59 Å². The number of hydrogen-bond acceptors (Lipinski definition) is 3. The van der Waals surface area contributed by atoms with Gasteiger partial charge < -0.3 is 10.2 Å². The van der Waals surface area contributed by atoms with Gasteiger partial charge >= 0.3 is 11.9 Å². The van der Waals surface area contributed by atoms with Gasteiger partial charge in [-0.05, 0) is 24.0 Å². The van der Waals surface area contributed by atoms with Crippen molar-refractivity contribution in [2.45, 2.75) is 11.3 Å². The second-order valence-electron chi connectivity index (χ2n) is 3.02. The zero-order valence-corrected chi connectivity index (χ0v) is 9.93. The summed E-state index contributed by atoms with van der Waals surface area (Å²) in [6.45, 7) is 0. The van der Waals surface area contributed by atoms with Gasteiger partial charge in [-0.2, -0.15) is 0 Å². The molecule has 0 saturated carbocycles. The molecule has 6 heteroatoms. The van der Waals surface area contributed by atoms with Gasteiger partial charge in [0.1, 0.15) is 0 Å². The minimum atomic E-state index is -1.16. The van der Waals surface area contributed by atoms with Crippen LogP contribution in [-0.2, 0) is 11.2 Å². The Kier molecular flexibility index (Phi) is 4.20. The molecule has 0 bridgehead atoms. The first kappa shape index (κ1) is 12.9. The van der Waals surface area contributed by atoms with Crippen molar-refractivity contribution in [3.8, 4) is 0 Å². The van der Waals surface area contributed by atoms with Crippen molar-refractivity contribution in [2.75, 3.05) is 6.26 Å². The van der Waals surface area contributed by atoms with Crippen molar-refractivity contribution in [1.82, 2.24) is 0 Å². The Balaban J connectivity index is 3.31. The highest BCUT2D eigenvalue weighted by Crippen LogP contribution is 2.28. The molecular weight excluding hydrogens is 252 g/mol. The van der Waals surface area contributed by atoms with Crippen LogP contribution in [0.3, 0.4) is 0 Å². The quantitative estimate of drug-likeness (QED) is 0.813. The molecule has 16 heavy (non-hydrogen) atoms. The molecule has 1 aromatic carbocycles. The summed E-state index contributed by atoms with van der Waals surface area (Å²) in [5, 5.41) is 17.6. The third-order valence-corrected chi connectivity index (χ3v) is 3.08. The van der Waals surface area contributed by atoms with E-state index in [1.807, 2.05) is 0 Å². The first-order valence-corrected chi connectivity index (χ1v) is 5.87. The fourth-order valence-corrected chi connectivity index (χ4v) is 1.97. The zero-order chi connectivity index (χ0) is 12.3. The second kappa shape index (κ2) is 5.23. The maximum absolute atomic E-state index is 10.9. The number of carboxylic acid groups (broad SMARTS) is 2. The molecule has 0 fully saturated rings. The number of aromatic carboxylic acids is 1. The van der Waals surface area contributed by atoms with E-state index in [-0.39, 0.29) is 17.0 Å². The maximum Gasteiger partial charge on any atom is 0.337 e. The van der Waals surface area contributed by atoms with Crippen LogP contribution in [0.1, 0.15) is 15.9 Å². The maximum atomic E-state index is 10.9. The van der Waals surface area contributed by atoms with Crippen molar-refractivity contribution in [2.24, 2.45) is 0 Å². The van der Waals surface area contributed by atoms with E-state index in [2.05, 4.69) is 0 Å². The normalized spacial score (nSPS) is 10.1. The highest BCUT2D eigenvalue weighted by molar-refractivity contribution is 7.98. The molecule has 2 N–H and O–H groups in total. The van der Waals surface area contributed by atoms with Crippen molar-refractivity contribution in [3.63, 3.8) is 0 Å². The average molecular weight is 261 g/mol. The molecule has 0 aliphatic heterocycles. The molecule has 86 valence electrons. The Bertz CT molecular complexity index is 445. The molecular formula is C10H9ClO4S. The van der Waals surface area contributed by atoms with Crippen molar-refractivity contribution >= 4 is 35.3 Å². The van der Waals surface area contributed by atoms with Crippen molar-refractivity contribution in [1.29, 1.82) is 0 Å². The molecule has 1 rings (SSSR count). The summed E-state index contributed by atoms with van der Waals surface area (Å²) in [5.41, 5.74) is 0.253. The lowest BCUT2D eigenvalue weighted by molar-refractivity contribution is -0.136. The van der Waals surface area contributed by atoms with Gasteiger partial charge in [0, 0.05) is 4.90 Å². The van der Waals surface area contributed by atoms with Gasteiger partial charge in [-0.25, -0.2) is 4.79 Å². The Morgan fingerprint density at radius 1 is 1.38 bits per heavy atom. The van der Waals surface area contributed by atoms with Crippen LogP contribution in [0.2, 0.25) is 5.02 Å². The van der Waals surface area contributed by atoms with E-state index in [0.717, 1.165) is 0 Å². The number of hydrogen-bond donors (Lipinski definition) is 2. The lowest BCUT2D eigenvalue weighted by Gasteiger charge is -2.07. The highest BCUT2D eigenvalue weighted by atomic mass is 35.5. The molecule has 1 aromatic rings. The number of aliphatic carboxylic acids is 1. The zero-order valence-electron chi connectivity index (χ0n) is 8.36. The van der Waals surface area contributed by atoms with Crippen LogP contribution < -0.4 is 0 Å². The van der Waals surface area contributed by atoms with Gasteiger partial charge in [-0.15, -0.1) is 11.8 Å². The van der Waals surface area contributed by atoms with Crippen molar-refractivity contribution in [3.05, 3.63) is 28.3 Å². The van der Waals surface area contributed by atoms with E-state index in [0.29, 0.717) is 10.5 Å². The number of rotatable bonds is 4. The van der Waals surface area contributed by atoms with Crippen LogP contribution in [0.15, 0.2) is 17.0 Å². The van der Waals surface area contributed by atoms with Crippen molar-refractivity contribution < 1.29 is 19.8 Å². The molecule has 0 aliphatic rings. The van der Waals surface area contributed by atoms with Crippen LogP contribution in [0.4, 0.5) is 0 Å². The predicted molar refractivity (Wildman–Crippen MR) is 61.5 cm³/mol. The van der Waals surface area contributed by atoms with Gasteiger partial charge in [-0.1, -0.05) is 11.6 Å². The molecule has 0 radical (unpaired) electrons. The Hall–Kier alpha value is -1.20. The SMILES string of the molecule is CSc1cc(CC(=O)O)c(Cl)c(C(=O)O)c1. The topological polar surface area (TPSA) is 74.6 Å². The number of thioether (sulfide) groups is 1. The minimum absolute atomic E-state index is 0.00676. The van der Waals surface area contributed by atoms with Crippen LogP contribution in [-0.4, -0.2) is 28.4 Å². The summed E-state index contributed by atoms with van der Waals surface area (Å²) in [7, 11) is 0. The van der Waals surface area contributed by atoms with Gasteiger partial charge in [0.25, 0.3) is 0 Å². The molecule has 0 amide bonds. The lowest BCUT2D eigenvalue weighted by Crippen LogP contribution is -2.05. The smallest absolute Gasteiger partial charge is 0.337 e. The molecule has 4 nitrogen and oxygen atoms in total. The summed E-state index contributed by atoms with van der Waals surface area (Å²) in [6, 6.07) is 3.02. The standard InChI is InChI=1S/C10H9ClO4S/c1-16-6-2-5(3-8(12)13)9(11)7(4-6)10(14)15/h2,4H,3H2,1H3,(H,12,13)(H,14,15). The Morgan fingerprint density at radius 2 is 2.00 bits per heavy atom. The summed E-state index contributed by atoms with van der Waals surface area (Å²) < 4.78 is 0. The molecule has 0 heterocycles. The Morgan fingerprint density at radius 3 is 2.44 bits per heavy atom. The van der Waals surface area contributed by atoms with E-state index in [1.165, 1.54) is 17.8 Å². The fraction of sp³-hybridized carbons (Fsp3) is 0.200. The third kappa shape index (κ3) is 2.90. The molecule has 0 aliphatic carbocycles. The molecule has 0 atom stereocenters. The first-order valence-electron chi connectivity index (χ1n) is 4.27. The monoisotopic (exact) mass is 260 g/mol. The lowest BCUT2D eigenvalue weighted by atomic mass is 10.1. The van der Waals surface area contributed by atoms with Crippen LogP contribution in [0, 0.1) is 0 Å². The van der Waals surface area contributed by atoms with E-state index in [1.54, 1.807) is 12.3 Å². The summed E-state index contributed by atoms with van der Waals surface area (Å²) >= 11 is 7.16. The molecule has 0 unspecified atom stereocenters. The molecule has 0 saturated heterocycles. The number of benzene rings is 1. The predicted octanol–water partition coefficient (Wildman–Crippen LogP) is 2.39. The first-order chi connectivity index (χ1) is 7.45. The number of carboxylic acids is 2. The summed E-state index contributed by atoms with van der Waals surface area (Å²) in [6.07, 6.45) is 1.49. The summed E-state index contributed by atoms with van der Waals surface area (Å²) in [4.78, 5) is 22.2. The van der Waals surface area contributed by atoms with Crippen LogP contribution in [0.5, 0.6) is 0 Å². The van der Waals surface area contributed by atoms with Gasteiger partial charge in [0.2, 0.25) is 0 Å². The molecule has 0 aromatic heterocycles. The second-order valence-corrected chi connectivity index (χ2v) is 4.28. The van der Waals surface area contributed by atoms with Gasteiger partial charge in [-0.3, -0.25) is 4.79 Å². The summed E-state index contributed by atoms with van der Waals surface area (Å²) in [5.74, 6) is -2.20. The van der Waals surface area contributed by atoms with E-state index < -0.39 is 11.9 Å². The van der Waals surface area contributed by atoms with Crippen LogP contribution >= 0.6 is 23.4 Å². The highest BCUT2D eigenvalue weighted by Gasteiger charge is 2.16. The molecule has 0 spiro atoms. The average Bonchev–Trinajstić information content (AvgIpc) is 2.19. The Labute approximate surface area is 101 Å². The largest absolute Gasteiger partial charge is 0.481 e. The number of halogens is 1. The fourth-order valence-electron chi connectivity index (χ4n) is 1.22. The minimum Gasteiger partial charge on any atom is -0.481 e. The van der Waals surface area contributed by atoms with E-state index >= 15 is 0 Å².